The summed E-state index contributed by atoms with van der Waals surface area (Å²) in [5, 5.41) is 25.7. The summed E-state index contributed by atoms with van der Waals surface area (Å²) in [4.78, 5) is 53.8. The van der Waals surface area contributed by atoms with Crippen LogP contribution in [0, 0.1) is 0 Å². The molecule has 4 atom stereocenters. The average Bonchev–Trinajstić information content (AvgIpc) is 1.72. The van der Waals surface area contributed by atoms with Crippen LogP contribution in [0.4, 0.5) is 31.4 Å². The van der Waals surface area contributed by atoms with Crippen LogP contribution in [-0.4, -0.2) is 68.6 Å². The van der Waals surface area contributed by atoms with E-state index in [9.17, 15) is 44.7 Å². The number of thiophene rings is 1. The Bertz CT molecular complexity index is 4480. The van der Waals surface area contributed by atoms with Crippen LogP contribution in [-0.2, 0) is 61.4 Å². The van der Waals surface area contributed by atoms with Crippen molar-refractivity contribution in [2.24, 2.45) is 0 Å². The van der Waals surface area contributed by atoms with Gasteiger partial charge < -0.3 is 25.6 Å². The Hall–Kier alpha value is -7.26. The Kier molecular flexibility index (Phi) is 18.6. The molecule has 27 heteroatoms. The maximum atomic E-state index is 14.4. The molecule has 0 fully saturated rings. The smallest absolute Gasteiger partial charge is 0.333 e. The van der Waals surface area contributed by atoms with Crippen LogP contribution in [0.3, 0.4) is 0 Å². The molecule has 0 bridgehead atoms. The summed E-state index contributed by atoms with van der Waals surface area (Å²) in [7, 11) is -13.4. The van der Waals surface area contributed by atoms with E-state index in [1.165, 1.54) is 61.8 Å². The molecular weight excluding hydrogens is 1260 g/mol. The number of aromatic nitrogens is 4. The van der Waals surface area contributed by atoms with Gasteiger partial charge in [0.1, 0.15) is 9.79 Å². The van der Waals surface area contributed by atoms with Crippen LogP contribution in [0.5, 0.6) is 0 Å². The number of amides is 6. The van der Waals surface area contributed by atoms with Crippen molar-refractivity contribution in [3.63, 3.8) is 0 Å². The third kappa shape index (κ3) is 14.1. The highest BCUT2D eigenvalue weighted by molar-refractivity contribution is 7.90. The van der Waals surface area contributed by atoms with E-state index in [1.54, 1.807) is 35.7 Å². The molecule has 2 aliphatic rings. The maximum absolute atomic E-state index is 14.4. The van der Waals surface area contributed by atoms with Crippen LogP contribution in [0.1, 0.15) is 173 Å². The SMILES string of the molecule is CCc1noc2ncc(S(=O)(=O)NC(=O)Nc3c(C(C)CCC(C)c4cc(Cl)cc(C(C)C)c4NC(=O)NS(=O)(=O)c4cnc5ccsc5c4)cc(Cl)cc3C(C)CC3CCc4c3cc3c(c4NC(=O)NS(=O)(=O)c4cc(C(C)(C)O)ccn4)CCC3)cc12. The number of carbonyl (C=O) groups is 3. The molecule has 8 aromatic rings. The number of hydrogen-bond acceptors (Lipinski definition) is 16. The number of nitrogens with zero attached hydrogens (tertiary/aromatic N) is 4. The Morgan fingerprint density at radius 2 is 1.26 bits per heavy atom. The van der Waals surface area contributed by atoms with Gasteiger partial charge in [-0.15, -0.1) is 11.3 Å². The highest BCUT2D eigenvalue weighted by Crippen LogP contribution is 2.49. The lowest BCUT2D eigenvalue weighted by Crippen LogP contribution is -2.35. The van der Waals surface area contributed by atoms with Gasteiger partial charge in [0.15, 0.2) is 5.03 Å². The van der Waals surface area contributed by atoms with Crippen molar-refractivity contribution in [2.45, 2.75) is 163 Å². The van der Waals surface area contributed by atoms with Gasteiger partial charge in [-0.1, -0.05) is 76.0 Å². The number of fused-ring (bicyclic) bond motifs is 4. The largest absolute Gasteiger partial charge is 0.386 e. The lowest BCUT2D eigenvalue weighted by atomic mass is 9.82. The lowest BCUT2D eigenvalue weighted by molar-refractivity contribution is 0.0782. The van der Waals surface area contributed by atoms with Gasteiger partial charge in [0, 0.05) is 39.5 Å². The van der Waals surface area contributed by atoms with Gasteiger partial charge in [0.05, 0.1) is 33.1 Å². The molecule has 0 saturated heterocycles. The van der Waals surface area contributed by atoms with Gasteiger partial charge in [0.25, 0.3) is 35.8 Å². The Balaban J connectivity index is 0.934. The van der Waals surface area contributed by atoms with Crippen molar-refractivity contribution in [3.8, 4) is 0 Å². The van der Waals surface area contributed by atoms with E-state index >= 15 is 0 Å². The number of aryl methyl sites for hydroxylation is 2. The Morgan fingerprint density at radius 1 is 0.685 bits per heavy atom. The van der Waals surface area contributed by atoms with Crippen molar-refractivity contribution < 1.29 is 49.3 Å². The monoisotopic (exact) mass is 1330 g/mol. The first-order chi connectivity index (χ1) is 42.0. The van der Waals surface area contributed by atoms with Crippen molar-refractivity contribution in [2.75, 3.05) is 16.0 Å². The van der Waals surface area contributed by atoms with E-state index in [0.717, 1.165) is 41.3 Å². The van der Waals surface area contributed by atoms with E-state index in [4.69, 9.17) is 27.7 Å². The predicted octanol–water partition coefficient (Wildman–Crippen LogP) is 13.4. The van der Waals surface area contributed by atoms with E-state index in [1.807, 2.05) is 41.5 Å². The quantitative estimate of drug-likeness (QED) is 0.0373. The fraction of sp³-hybridized carbons (Fsp3) is 0.371. The molecule has 0 saturated carbocycles. The normalized spacial score (nSPS) is 15.3. The molecular formula is C62H68Cl2N10O11S4. The molecule has 3 aromatic carbocycles. The number of halogens is 2. The first-order valence-electron chi connectivity index (χ1n) is 29.1. The fourth-order valence-corrected chi connectivity index (χ4v) is 16.0. The number of benzene rings is 3. The molecule has 5 heterocycles. The van der Waals surface area contributed by atoms with Crippen LogP contribution in [0.15, 0.2) is 104 Å². The number of hydrogen-bond donors (Lipinski definition) is 7. The van der Waals surface area contributed by atoms with Crippen LogP contribution in [0.25, 0.3) is 21.3 Å². The molecule has 0 radical (unpaired) electrons. The van der Waals surface area contributed by atoms with Gasteiger partial charge in [-0.25, -0.2) is 55.4 Å². The van der Waals surface area contributed by atoms with Crippen molar-refractivity contribution in [1.29, 1.82) is 0 Å². The summed E-state index contributed by atoms with van der Waals surface area (Å²) in [5.41, 5.74) is 7.87. The summed E-state index contributed by atoms with van der Waals surface area (Å²) >= 11 is 15.2. The Labute approximate surface area is 530 Å². The minimum absolute atomic E-state index is 0.0892. The van der Waals surface area contributed by atoms with E-state index < -0.39 is 58.8 Å². The van der Waals surface area contributed by atoms with Crippen molar-refractivity contribution in [1.82, 2.24) is 34.3 Å². The van der Waals surface area contributed by atoms with Gasteiger partial charge in [-0.2, -0.15) is 8.42 Å². The van der Waals surface area contributed by atoms with Gasteiger partial charge in [-0.3, -0.25) is 4.98 Å². The molecule has 2 aliphatic carbocycles. The van der Waals surface area contributed by atoms with Crippen LogP contribution in [0.2, 0.25) is 10.0 Å². The van der Waals surface area contributed by atoms with Gasteiger partial charge in [0.2, 0.25) is 0 Å². The summed E-state index contributed by atoms with van der Waals surface area (Å²) in [5.74, 6) is -1.28. The second-order valence-electron chi connectivity index (χ2n) is 23.7. The molecule has 6 amide bonds. The zero-order chi connectivity index (χ0) is 64.1. The number of urea groups is 3. The number of carbonyl (C=O) groups excluding carboxylic acids is 3. The third-order valence-corrected chi connectivity index (χ3v) is 21.8. The van der Waals surface area contributed by atoms with Crippen LogP contribution >= 0.6 is 34.5 Å². The van der Waals surface area contributed by atoms with E-state index in [-0.39, 0.29) is 45.1 Å². The molecule has 4 unspecified atom stereocenters. The third-order valence-electron chi connectivity index (χ3n) is 16.7. The number of rotatable bonds is 20. The minimum Gasteiger partial charge on any atom is -0.386 e. The summed E-state index contributed by atoms with van der Waals surface area (Å²) in [6.07, 6.45) is 8.86. The molecule has 470 valence electrons. The van der Waals surface area contributed by atoms with Crippen LogP contribution < -0.4 is 30.1 Å². The molecule has 10 rings (SSSR count). The number of nitrogens with one attached hydrogen (secondary N) is 6. The highest BCUT2D eigenvalue weighted by Gasteiger charge is 2.35. The first kappa shape index (κ1) is 64.7. The number of sulfonamides is 3. The fourth-order valence-electron chi connectivity index (χ4n) is 12.0. The van der Waals surface area contributed by atoms with Crippen molar-refractivity contribution >= 4 is 121 Å². The second-order valence-corrected chi connectivity index (χ2v) is 30.6. The number of aliphatic hydroxyl groups is 1. The summed E-state index contributed by atoms with van der Waals surface area (Å²) < 4.78 is 94.6. The van der Waals surface area contributed by atoms with Gasteiger partial charge in [-0.05, 0) is 211 Å². The predicted molar refractivity (Wildman–Crippen MR) is 344 cm³/mol. The Morgan fingerprint density at radius 3 is 1.88 bits per heavy atom. The highest BCUT2D eigenvalue weighted by atomic mass is 35.5. The van der Waals surface area contributed by atoms with E-state index in [0.29, 0.717) is 121 Å². The molecule has 89 heavy (non-hydrogen) atoms. The topological polar surface area (TPSA) is 311 Å². The summed E-state index contributed by atoms with van der Waals surface area (Å²) in [6, 6.07) is 13.4. The molecule has 21 nitrogen and oxygen atoms in total. The number of anilines is 3. The zero-order valence-corrected chi connectivity index (χ0v) is 54.8. The molecule has 7 N–H and O–H groups in total. The average molecular weight is 1330 g/mol. The van der Waals surface area contributed by atoms with Gasteiger partial charge >= 0.3 is 18.1 Å². The van der Waals surface area contributed by atoms with E-state index in [2.05, 4.69) is 56.3 Å². The zero-order valence-electron chi connectivity index (χ0n) is 50.0. The molecule has 5 aromatic heterocycles. The second kappa shape index (κ2) is 25.6. The maximum Gasteiger partial charge on any atom is 0.333 e. The minimum atomic E-state index is -4.54. The molecule has 0 aliphatic heterocycles. The molecule has 0 spiro atoms. The van der Waals surface area contributed by atoms with Crippen molar-refractivity contribution in [3.05, 3.63) is 150 Å². The number of pyridine rings is 3. The standard InChI is InChI=1S/C62H68Cl2N10O11S4/c1-9-51-50-28-41(31-67-58(50)85-71-51)87(79,80)72-60(76)70-57-47(34(5)14-13-33(4)46-25-39(63)24-45(32(2)3)56(46)69-59(75)73-88(81,82)42-29-53-52(66-30-42)18-20-86-53)26-40(64)27-48(57)35(6)21-37-15-16-44-49(37)22-36-11-10-12-43(36)55(44)68-61(77)74-89(83,84)54-23-38(17-19-65-54)62(7,8)78/h17-20,22-35,37,78H,9-16,21H2,1-8H3,(H2,68,74,77)(H2,69,73,75)(H2,70,72,76). The summed E-state index contributed by atoms with van der Waals surface area (Å²) in [6.45, 7) is 14.6. The first-order valence-corrected chi connectivity index (χ1v) is 35.2. The lowest BCUT2D eigenvalue weighted by Gasteiger charge is -2.27.